The van der Waals surface area contributed by atoms with Crippen LogP contribution in [0.3, 0.4) is 0 Å². The minimum atomic E-state index is 0.201. The zero-order valence-corrected chi connectivity index (χ0v) is 15.1. The number of hydrogen-bond donors (Lipinski definition) is 1. The third kappa shape index (κ3) is 3.56. The molecule has 0 amide bonds. The molecule has 1 aliphatic heterocycles. The van der Waals surface area contributed by atoms with Crippen molar-refractivity contribution in [2.45, 2.75) is 12.8 Å². The number of likely N-dealkylation sites (tertiary alicyclic amines) is 1. The molecule has 0 spiro atoms. The van der Waals surface area contributed by atoms with Gasteiger partial charge in [-0.05, 0) is 61.8 Å². The molecule has 4 rings (SSSR count). The van der Waals surface area contributed by atoms with E-state index in [1.807, 2.05) is 24.3 Å². The van der Waals surface area contributed by atoms with Crippen LogP contribution < -0.4 is 5.32 Å². The fourth-order valence-corrected chi connectivity index (χ4v) is 3.42. The van der Waals surface area contributed by atoms with E-state index in [9.17, 15) is 0 Å². The van der Waals surface area contributed by atoms with Gasteiger partial charge in [-0.1, -0.05) is 11.6 Å². The first kappa shape index (κ1) is 16.6. The van der Waals surface area contributed by atoms with Gasteiger partial charge >= 0.3 is 0 Å². The third-order valence-corrected chi connectivity index (χ3v) is 4.81. The fraction of sp³-hybridized carbons (Fsp3) is 0.353. The topological polar surface area (TPSA) is 58.9 Å². The van der Waals surface area contributed by atoms with Gasteiger partial charge in [0.15, 0.2) is 5.65 Å². The summed E-state index contributed by atoms with van der Waals surface area (Å²) in [7, 11) is 0. The van der Waals surface area contributed by atoms with Crippen LogP contribution in [0, 0.1) is 0 Å². The number of hydrogen-bond acceptors (Lipinski definition) is 5. The van der Waals surface area contributed by atoms with Crippen LogP contribution in [0.25, 0.3) is 16.7 Å². The van der Waals surface area contributed by atoms with Gasteiger partial charge in [0.25, 0.3) is 0 Å². The summed E-state index contributed by atoms with van der Waals surface area (Å²) in [5, 5.41) is 9.55. The maximum absolute atomic E-state index is 6.14. The van der Waals surface area contributed by atoms with Gasteiger partial charge in [0.1, 0.15) is 5.82 Å². The van der Waals surface area contributed by atoms with E-state index >= 15 is 0 Å². The van der Waals surface area contributed by atoms with Gasteiger partial charge in [-0.25, -0.2) is 4.68 Å². The highest BCUT2D eigenvalue weighted by molar-refractivity contribution is 6.30. The Bertz CT molecular complexity index is 871. The van der Waals surface area contributed by atoms with Crippen LogP contribution in [0.4, 0.5) is 5.82 Å². The molecular weight excluding hydrogens is 359 g/mol. The Morgan fingerprint density at radius 3 is 2.56 bits per heavy atom. The highest BCUT2D eigenvalue weighted by atomic mass is 35.5. The number of nitrogens with zero attached hydrogens (tertiary/aromatic N) is 5. The Morgan fingerprint density at radius 1 is 1.04 bits per heavy atom. The largest absolute Gasteiger partial charge is 0.368 e. The molecule has 0 radical (unpaired) electrons. The Balaban J connectivity index is 1.60. The minimum absolute atomic E-state index is 0.201. The molecule has 130 valence electrons. The third-order valence-electron chi connectivity index (χ3n) is 4.39. The van der Waals surface area contributed by atoms with Gasteiger partial charge < -0.3 is 10.2 Å². The molecule has 0 unspecified atom stereocenters. The Morgan fingerprint density at radius 2 is 1.80 bits per heavy atom. The van der Waals surface area contributed by atoms with Crippen molar-refractivity contribution in [2.75, 3.05) is 31.5 Å². The van der Waals surface area contributed by atoms with E-state index in [-0.39, 0.29) is 5.28 Å². The van der Waals surface area contributed by atoms with Gasteiger partial charge in [0.2, 0.25) is 5.28 Å². The molecule has 0 saturated carbocycles. The van der Waals surface area contributed by atoms with Crippen LogP contribution in [0.1, 0.15) is 12.8 Å². The average molecular weight is 377 g/mol. The molecule has 1 fully saturated rings. The second-order valence-corrected chi connectivity index (χ2v) is 6.86. The lowest BCUT2D eigenvalue weighted by molar-refractivity contribution is 0.352. The molecule has 3 heterocycles. The summed E-state index contributed by atoms with van der Waals surface area (Å²) >= 11 is 12.1. The van der Waals surface area contributed by atoms with Crippen molar-refractivity contribution in [3.05, 3.63) is 40.8 Å². The molecular formula is C17H18Cl2N6. The van der Waals surface area contributed by atoms with Crippen LogP contribution in [-0.4, -0.2) is 50.8 Å². The molecule has 1 N–H and O–H groups in total. The molecule has 6 nitrogen and oxygen atoms in total. The summed E-state index contributed by atoms with van der Waals surface area (Å²) in [4.78, 5) is 11.1. The summed E-state index contributed by atoms with van der Waals surface area (Å²) in [5.41, 5.74) is 1.54. The van der Waals surface area contributed by atoms with Crippen LogP contribution >= 0.6 is 23.2 Å². The SMILES string of the molecule is Clc1ccc(-n2ncc3c(NCCN4CCCC4)nc(Cl)nc32)cc1. The van der Waals surface area contributed by atoms with Gasteiger partial charge in [-0.2, -0.15) is 15.1 Å². The predicted molar refractivity (Wildman–Crippen MR) is 101 cm³/mol. The average Bonchev–Trinajstić information content (AvgIpc) is 3.25. The van der Waals surface area contributed by atoms with Crippen molar-refractivity contribution >= 4 is 40.1 Å². The molecule has 0 aliphatic carbocycles. The quantitative estimate of drug-likeness (QED) is 0.688. The number of benzene rings is 1. The fourth-order valence-electron chi connectivity index (χ4n) is 3.13. The standard InChI is InChI=1S/C17H18Cl2N6/c18-12-3-5-13(6-4-12)25-16-14(11-21-25)15(22-17(19)23-16)20-7-10-24-8-1-2-9-24/h3-6,11H,1-2,7-10H2,(H,20,22,23). The monoisotopic (exact) mass is 376 g/mol. The summed E-state index contributed by atoms with van der Waals surface area (Å²) < 4.78 is 1.74. The second-order valence-electron chi connectivity index (χ2n) is 6.09. The second kappa shape index (κ2) is 7.15. The van der Waals surface area contributed by atoms with E-state index in [1.54, 1.807) is 10.9 Å². The van der Waals surface area contributed by atoms with Gasteiger partial charge in [-0.3, -0.25) is 0 Å². The van der Waals surface area contributed by atoms with Crippen molar-refractivity contribution in [3.8, 4) is 5.69 Å². The molecule has 3 aromatic rings. The summed E-state index contributed by atoms with van der Waals surface area (Å²) in [5.74, 6) is 0.717. The first-order valence-corrected chi connectivity index (χ1v) is 9.10. The van der Waals surface area contributed by atoms with Crippen LogP contribution in [0.5, 0.6) is 0 Å². The first-order valence-electron chi connectivity index (χ1n) is 8.34. The Kier molecular flexibility index (Phi) is 4.74. The van der Waals surface area contributed by atoms with E-state index in [0.717, 1.165) is 30.0 Å². The van der Waals surface area contributed by atoms with E-state index in [1.165, 1.54) is 25.9 Å². The molecule has 8 heteroatoms. The zero-order valence-electron chi connectivity index (χ0n) is 13.6. The molecule has 0 atom stereocenters. The molecule has 2 aromatic heterocycles. The highest BCUT2D eigenvalue weighted by Crippen LogP contribution is 2.24. The van der Waals surface area contributed by atoms with Crippen molar-refractivity contribution in [1.29, 1.82) is 0 Å². The molecule has 25 heavy (non-hydrogen) atoms. The molecule has 1 aromatic carbocycles. The first-order chi connectivity index (χ1) is 12.2. The highest BCUT2D eigenvalue weighted by Gasteiger charge is 2.15. The Hall–Kier alpha value is -1.89. The lowest BCUT2D eigenvalue weighted by Gasteiger charge is -2.15. The molecule has 1 aliphatic rings. The smallest absolute Gasteiger partial charge is 0.226 e. The van der Waals surface area contributed by atoms with Crippen molar-refractivity contribution in [3.63, 3.8) is 0 Å². The number of anilines is 1. The van der Waals surface area contributed by atoms with Crippen LogP contribution in [0.15, 0.2) is 30.5 Å². The summed E-state index contributed by atoms with van der Waals surface area (Å²) in [6.45, 7) is 4.16. The lowest BCUT2D eigenvalue weighted by atomic mass is 10.3. The van der Waals surface area contributed by atoms with Crippen LogP contribution in [-0.2, 0) is 0 Å². The summed E-state index contributed by atoms with van der Waals surface area (Å²) in [6, 6.07) is 7.43. The van der Waals surface area contributed by atoms with Gasteiger partial charge in [0.05, 0.1) is 17.3 Å². The normalized spacial score (nSPS) is 15.1. The number of nitrogens with one attached hydrogen (secondary N) is 1. The predicted octanol–water partition coefficient (Wildman–Crippen LogP) is 3.63. The maximum atomic E-state index is 6.14. The minimum Gasteiger partial charge on any atom is -0.368 e. The summed E-state index contributed by atoms with van der Waals surface area (Å²) in [6.07, 6.45) is 4.34. The number of halogens is 2. The number of rotatable bonds is 5. The van der Waals surface area contributed by atoms with Crippen LogP contribution in [0.2, 0.25) is 10.3 Å². The van der Waals surface area contributed by atoms with Gasteiger partial charge in [0, 0.05) is 18.1 Å². The van der Waals surface area contributed by atoms with E-state index < -0.39 is 0 Å². The van der Waals surface area contributed by atoms with E-state index in [2.05, 4.69) is 25.3 Å². The van der Waals surface area contributed by atoms with E-state index in [0.29, 0.717) is 10.7 Å². The maximum Gasteiger partial charge on any atom is 0.226 e. The molecule has 1 saturated heterocycles. The molecule has 0 bridgehead atoms. The van der Waals surface area contributed by atoms with Crippen molar-refractivity contribution in [2.24, 2.45) is 0 Å². The Labute approximate surface area is 155 Å². The lowest BCUT2D eigenvalue weighted by Crippen LogP contribution is -2.26. The van der Waals surface area contributed by atoms with Crippen molar-refractivity contribution in [1.82, 2.24) is 24.6 Å². The van der Waals surface area contributed by atoms with Crippen molar-refractivity contribution < 1.29 is 0 Å². The van der Waals surface area contributed by atoms with Gasteiger partial charge in [-0.15, -0.1) is 0 Å². The number of fused-ring (bicyclic) bond motifs is 1. The number of aromatic nitrogens is 4. The van der Waals surface area contributed by atoms with E-state index in [4.69, 9.17) is 23.2 Å². The zero-order chi connectivity index (χ0) is 17.2.